The van der Waals surface area contributed by atoms with Crippen molar-refractivity contribution < 1.29 is 123 Å². The van der Waals surface area contributed by atoms with E-state index in [2.05, 4.69) is 27.5 Å². The minimum atomic E-state index is -5.62. The van der Waals surface area contributed by atoms with E-state index in [0.29, 0.717) is 12.8 Å². The number of aliphatic hydroxyl groups is 3. The van der Waals surface area contributed by atoms with Crippen LogP contribution in [-0.2, 0) is 43.4 Å². The molecule has 1 amide bonds. The first kappa shape index (κ1) is 61.8. The van der Waals surface area contributed by atoms with Crippen molar-refractivity contribution in [3.8, 4) is 0 Å². The zero-order valence-electron chi connectivity index (χ0n) is 36.6. The van der Waals surface area contributed by atoms with E-state index >= 15 is 0 Å². The molecule has 338 valence electrons. The van der Waals surface area contributed by atoms with E-state index in [4.69, 9.17) is 9.47 Å². The maximum Gasteiger partial charge on any atom is 1.00 e. The molecule has 1 aliphatic rings. The number of nitrogens with one attached hydrogen (secondary N) is 1. The molecule has 59 heavy (non-hydrogen) atoms. The van der Waals surface area contributed by atoms with Gasteiger partial charge < -0.3 is 39.2 Å². The third-order valence-corrected chi connectivity index (χ3v) is 11.2. The summed E-state index contributed by atoms with van der Waals surface area (Å²) in [5.74, 6) is -0.383. The SMILES string of the molecule is CCCCCCCCCCCCC/C=C/[C@@H](O)[C@H](CO[C@@H]1O[C@@H](CO)[C@@H](O)[C@H](OS(=O)(=O)[O-])[C@@H]1OS(=O)(=O)[O-])NC(=O)CCCCCCCCCCCCCCC.[Na+].[Na+]. The third-order valence-electron chi connectivity index (χ3n) is 10.3. The summed E-state index contributed by atoms with van der Waals surface area (Å²) in [6.07, 6.45) is 20.4. The van der Waals surface area contributed by atoms with Crippen molar-refractivity contribution >= 4 is 26.7 Å². The van der Waals surface area contributed by atoms with Gasteiger partial charge in [0.25, 0.3) is 0 Å². The zero-order chi connectivity index (χ0) is 42.4. The van der Waals surface area contributed by atoms with Crippen LogP contribution in [0.15, 0.2) is 12.2 Å². The van der Waals surface area contributed by atoms with Crippen molar-refractivity contribution in [2.45, 2.75) is 224 Å². The number of carbonyl (C=O) groups excluding carboxylic acids is 1. The molecule has 0 aromatic carbocycles. The van der Waals surface area contributed by atoms with Crippen molar-refractivity contribution in [2.24, 2.45) is 0 Å². The second-order valence-corrected chi connectivity index (χ2v) is 17.4. The Morgan fingerprint density at radius 2 is 1.10 bits per heavy atom. The summed E-state index contributed by atoms with van der Waals surface area (Å²) in [4.78, 5) is 13.0. The van der Waals surface area contributed by atoms with Crippen LogP contribution in [0.3, 0.4) is 0 Å². The predicted molar refractivity (Wildman–Crippen MR) is 215 cm³/mol. The van der Waals surface area contributed by atoms with Crippen LogP contribution in [0.25, 0.3) is 0 Å². The van der Waals surface area contributed by atoms with E-state index in [1.165, 1.54) is 109 Å². The molecule has 0 bridgehead atoms. The van der Waals surface area contributed by atoms with Crippen LogP contribution in [-0.4, -0.2) is 103 Å². The minimum Gasteiger partial charge on any atom is -0.726 e. The van der Waals surface area contributed by atoms with Gasteiger partial charge in [0.2, 0.25) is 26.7 Å². The van der Waals surface area contributed by atoms with Crippen LogP contribution < -0.4 is 64.4 Å². The summed E-state index contributed by atoms with van der Waals surface area (Å²) >= 11 is 0. The molecular weight excluding hydrogens is 829 g/mol. The zero-order valence-corrected chi connectivity index (χ0v) is 42.3. The second kappa shape index (κ2) is 38.1. The van der Waals surface area contributed by atoms with Crippen molar-refractivity contribution in [1.82, 2.24) is 5.32 Å². The number of unbranched alkanes of at least 4 members (excludes halogenated alkanes) is 23. The Hall–Kier alpha value is 0.750. The van der Waals surface area contributed by atoms with Gasteiger partial charge in [0, 0.05) is 6.42 Å². The van der Waals surface area contributed by atoms with Gasteiger partial charge in [-0.1, -0.05) is 167 Å². The standard InChI is InChI=1S/C40H77NO14S2.2Na/c1-3-5-7-9-11-13-15-17-19-21-23-25-27-29-34(43)33(41-36(44)30-28-26-24-22-20-18-16-14-12-10-8-6-4-2)32-52-40-39(55-57(49,50)51)38(54-56(46,47)48)37(45)35(31-42)53-40;;/h27,29,33-35,37-40,42-43,45H,3-26,28,30-32H2,1-2H3,(H,41,44)(H,46,47,48)(H,49,50,51);;/q;2*+1/p-2/b29-27+;;/t33-,34+,35-,37+,38-,39-,40+;;/m0../s1. The van der Waals surface area contributed by atoms with Crippen LogP contribution in [0.2, 0.25) is 0 Å². The Balaban J connectivity index is 0. The van der Waals surface area contributed by atoms with Crippen LogP contribution in [0.1, 0.15) is 181 Å². The maximum atomic E-state index is 13.0. The molecule has 0 radical (unpaired) electrons. The molecule has 0 saturated carbocycles. The fourth-order valence-corrected chi connectivity index (χ4v) is 7.93. The fourth-order valence-electron chi connectivity index (χ4n) is 6.96. The molecule has 0 aliphatic carbocycles. The van der Waals surface area contributed by atoms with Crippen LogP contribution >= 0.6 is 0 Å². The van der Waals surface area contributed by atoms with Gasteiger partial charge in [-0.05, 0) is 19.3 Å². The van der Waals surface area contributed by atoms with Gasteiger partial charge in [0.15, 0.2) is 12.4 Å². The van der Waals surface area contributed by atoms with E-state index in [0.717, 1.165) is 44.9 Å². The molecule has 1 fully saturated rings. The number of hydrogen-bond donors (Lipinski definition) is 4. The van der Waals surface area contributed by atoms with E-state index in [-0.39, 0.29) is 71.4 Å². The van der Waals surface area contributed by atoms with Crippen molar-refractivity contribution in [2.75, 3.05) is 13.2 Å². The van der Waals surface area contributed by atoms with Gasteiger partial charge in [-0.25, -0.2) is 16.8 Å². The molecule has 1 aliphatic heterocycles. The quantitative estimate of drug-likeness (QED) is 0.0217. The normalized spacial score (nSPS) is 20.8. The Labute approximate surface area is 400 Å². The largest absolute Gasteiger partial charge is 1.00 e. The van der Waals surface area contributed by atoms with Gasteiger partial charge in [-0.3, -0.25) is 13.2 Å². The number of hydrogen-bond acceptors (Lipinski definition) is 14. The molecule has 7 atom stereocenters. The van der Waals surface area contributed by atoms with E-state index < -0.39 is 76.9 Å². The first-order chi connectivity index (χ1) is 27.2. The van der Waals surface area contributed by atoms with E-state index in [9.17, 15) is 46.1 Å². The van der Waals surface area contributed by atoms with Gasteiger partial charge >= 0.3 is 59.1 Å². The average molecular weight is 904 g/mol. The molecule has 1 heterocycles. The first-order valence-electron chi connectivity index (χ1n) is 21.7. The Kier molecular flexibility index (Phi) is 39.9. The smallest absolute Gasteiger partial charge is 0.726 e. The minimum absolute atomic E-state index is 0. The van der Waals surface area contributed by atoms with Crippen molar-refractivity contribution in [1.29, 1.82) is 0 Å². The third kappa shape index (κ3) is 33.0. The van der Waals surface area contributed by atoms with Gasteiger partial charge in [-0.2, -0.15) is 0 Å². The number of allylic oxidation sites excluding steroid dienone is 1. The number of rotatable bonds is 37. The van der Waals surface area contributed by atoms with E-state index in [1.807, 2.05) is 0 Å². The molecule has 19 heteroatoms. The number of amides is 1. The molecule has 1 rings (SSSR count). The molecule has 0 unspecified atom stereocenters. The van der Waals surface area contributed by atoms with Crippen molar-refractivity contribution in [3.63, 3.8) is 0 Å². The summed E-state index contributed by atoms with van der Waals surface area (Å²) in [5, 5.41) is 34.0. The monoisotopic (exact) mass is 903 g/mol. The van der Waals surface area contributed by atoms with Crippen LogP contribution in [0, 0.1) is 0 Å². The molecule has 0 aromatic heterocycles. The maximum absolute atomic E-state index is 13.0. The Morgan fingerprint density at radius 3 is 1.53 bits per heavy atom. The van der Waals surface area contributed by atoms with Gasteiger partial charge in [0.05, 0.1) is 25.4 Å². The topological polar surface area (TPSA) is 241 Å². The molecular formula is C40H75NNa2O14S2. The fraction of sp³-hybridized carbons (Fsp3) is 0.925. The second-order valence-electron chi connectivity index (χ2n) is 15.4. The molecule has 15 nitrogen and oxygen atoms in total. The van der Waals surface area contributed by atoms with Gasteiger partial charge in [-0.15, -0.1) is 0 Å². The summed E-state index contributed by atoms with van der Waals surface area (Å²) in [7, 11) is -11.2. The first-order valence-corrected chi connectivity index (χ1v) is 24.4. The Morgan fingerprint density at radius 1 is 0.695 bits per heavy atom. The van der Waals surface area contributed by atoms with Crippen LogP contribution in [0.5, 0.6) is 0 Å². The molecule has 0 spiro atoms. The average Bonchev–Trinajstić information content (AvgIpc) is 3.14. The summed E-state index contributed by atoms with van der Waals surface area (Å²) < 4.78 is 88.7. The summed E-state index contributed by atoms with van der Waals surface area (Å²) in [5.41, 5.74) is 0. The summed E-state index contributed by atoms with van der Waals surface area (Å²) in [6.45, 7) is 2.89. The van der Waals surface area contributed by atoms with Gasteiger partial charge in [0.1, 0.15) is 18.3 Å². The molecule has 4 N–H and O–H groups in total. The van der Waals surface area contributed by atoms with Crippen molar-refractivity contribution in [3.05, 3.63) is 12.2 Å². The summed E-state index contributed by atoms with van der Waals surface area (Å²) in [6, 6.07) is -1.14. The number of aliphatic hydroxyl groups excluding tert-OH is 3. The predicted octanol–water partition coefficient (Wildman–Crippen LogP) is 0.364. The molecule has 0 aromatic rings. The Bertz CT molecular complexity index is 1270. The molecule has 1 saturated heterocycles. The number of carbonyl (C=O) groups is 1. The van der Waals surface area contributed by atoms with E-state index in [1.54, 1.807) is 6.08 Å². The number of ether oxygens (including phenoxy) is 2. The van der Waals surface area contributed by atoms with Crippen LogP contribution in [0.4, 0.5) is 0 Å².